The summed E-state index contributed by atoms with van der Waals surface area (Å²) >= 11 is 0. The third-order valence-corrected chi connectivity index (χ3v) is 5.73. The maximum atomic E-state index is 13.0. The first-order valence-electron chi connectivity index (χ1n) is 11.7. The van der Waals surface area contributed by atoms with Gasteiger partial charge in [-0.25, -0.2) is 15.2 Å². The van der Waals surface area contributed by atoms with Gasteiger partial charge in [0.1, 0.15) is 17.1 Å². The second kappa shape index (κ2) is 11.7. The van der Waals surface area contributed by atoms with Crippen LogP contribution in [0.4, 0.5) is 29.3 Å². The number of benzene rings is 3. The number of nitrogens with two attached hydrogens (primary N) is 1. The standard InChI is InChI=1S/C26H18F3N7O6/c27-26(28,29)15-7-9-17(21(11-15)36(41)42)32-24(39)20(34-35-25(30)40)12-19-23(38)33-18-10-14(6-8-16(18)31-19)22(37)13-4-2-1-3-5-13/h1-11H,12H2,(H,32,39)(H,33,38)(H3,30,35,40)/b34-20+. The van der Waals surface area contributed by atoms with Crippen LogP contribution in [0.3, 0.4) is 0 Å². The maximum absolute atomic E-state index is 13.0. The quantitative estimate of drug-likeness (QED) is 0.106. The van der Waals surface area contributed by atoms with E-state index in [0.29, 0.717) is 17.7 Å². The summed E-state index contributed by atoms with van der Waals surface area (Å²) in [6, 6.07) is 13.0. The monoisotopic (exact) mass is 581 g/mol. The molecule has 0 saturated heterocycles. The number of carbonyl (C=O) groups is 3. The molecule has 0 radical (unpaired) electrons. The molecule has 0 bridgehead atoms. The number of halogens is 3. The van der Waals surface area contributed by atoms with Crippen molar-refractivity contribution in [1.82, 2.24) is 15.4 Å². The molecule has 0 aliphatic heterocycles. The number of rotatable bonds is 8. The van der Waals surface area contributed by atoms with Crippen molar-refractivity contribution in [3.63, 3.8) is 0 Å². The number of nitro benzene ring substituents is 1. The fourth-order valence-electron chi connectivity index (χ4n) is 3.75. The lowest BCUT2D eigenvalue weighted by Crippen LogP contribution is -2.33. The van der Waals surface area contributed by atoms with Crippen LogP contribution in [0.15, 0.2) is 76.6 Å². The van der Waals surface area contributed by atoms with Gasteiger partial charge < -0.3 is 16.0 Å². The van der Waals surface area contributed by atoms with E-state index in [2.05, 4.69) is 20.4 Å². The predicted molar refractivity (Wildman–Crippen MR) is 143 cm³/mol. The van der Waals surface area contributed by atoms with Crippen LogP contribution < -0.4 is 22.0 Å². The molecule has 0 spiro atoms. The number of hydrogen-bond acceptors (Lipinski definition) is 8. The van der Waals surface area contributed by atoms with Crippen molar-refractivity contribution in [1.29, 1.82) is 0 Å². The summed E-state index contributed by atoms with van der Waals surface area (Å²) in [6.45, 7) is 0. The largest absolute Gasteiger partial charge is 0.416 e. The average Bonchev–Trinajstić information content (AvgIpc) is 2.94. The Morgan fingerprint density at radius 3 is 2.38 bits per heavy atom. The molecular formula is C26H18F3N7O6. The number of anilines is 1. The van der Waals surface area contributed by atoms with E-state index in [-0.39, 0.29) is 34.1 Å². The number of nitrogens with one attached hydrogen (secondary N) is 3. The van der Waals surface area contributed by atoms with Crippen LogP contribution >= 0.6 is 0 Å². The average molecular weight is 581 g/mol. The van der Waals surface area contributed by atoms with Gasteiger partial charge in [0.2, 0.25) is 0 Å². The molecule has 3 amide bonds. The molecule has 0 atom stereocenters. The van der Waals surface area contributed by atoms with E-state index in [9.17, 15) is 42.5 Å². The van der Waals surface area contributed by atoms with Gasteiger partial charge in [0, 0.05) is 23.6 Å². The molecule has 1 heterocycles. The van der Waals surface area contributed by atoms with Crippen LogP contribution in [0, 0.1) is 10.1 Å². The normalized spacial score (nSPS) is 11.6. The molecule has 42 heavy (non-hydrogen) atoms. The number of alkyl halides is 3. The molecule has 4 aromatic rings. The molecule has 16 heteroatoms. The van der Waals surface area contributed by atoms with E-state index < -0.39 is 57.7 Å². The molecule has 4 rings (SSSR count). The molecule has 3 aromatic carbocycles. The predicted octanol–water partition coefficient (Wildman–Crippen LogP) is 3.29. The summed E-state index contributed by atoms with van der Waals surface area (Å²) < 4.78 is 39.1. The number of ketones is 1. The van der Waals surface area contributed by atoms with E-state index in [1.54, 1.807) is 35.8 Å². The van der Waals surface area contributed by atoms with E-state index in [4.69, 9.17) is 5.73 Å². The van der Waals surface area contributed by atoms with Crippen LogP contribution in [-0.2, 0) is 17.4 Å². The van der Waals surface area contributed by atoms with Gasteiger partial charge in [-0.3, -0.25) is 24.5 Å². The Kier molecular flexibility index (Phi) is 8.07. The highest BCUT2D eigenvalue weighted by atomic mass is 19.4. The first-order chi connectivity index (χ1) is 19.8. The number of fused-ring (bicyclic) bond motifs is 1. The maximum Gasteiger partial charge on any atom is 0.416 e. The smallest absolute Gasteiger partial charge is 0.350 e. The van der Waals surface area contributed by atoms with E-state index in [0.717, 1.165) is 0 Å². The summed E-state index contributed by atoms with van der Waals surface area (Å²) in [4.78, 5) is 66.7. The highest BCUT2D eigenvalue weighted by Crippen LogP contribution is 2.35. The second-order valence-electron chi connectivity index (χ2n) is 8.59. The first-order valence-corrected chi connectivity index (χ1v) is 11.7. The molecule has 0 fully saturated rings. The van der Waals surface area contributed by atoms with Crippen molar-refractivity contribution in [2.24, 2.45) is 10.8 Å². The molecule has 0 aliphatic carbocycles. The highest BCUT2D eigenvalue weighted by Gasteiger charge is 2.33. The fourth-order valence-corrected chi connectivity index (χ4v) is 3.75. The van der Waals surface area contributed by atoms with Crippen LogP contribution in [0.5, 0.6) is 0 Å². The summed E-state index contributed by atoms with van der Waals surface area (Å²) in [7, 11) is 0. The molecule has 13 nitrogen and oxygen atoms in total. The number of amides is 3. The second-order valence-corrected chi connectivity index (χ2v) is 8.59. The Morgan fingerprint density at radius 1 is 1.02 bits per heavy atom. The van der Waals surface area contributed by atoms with Crippen LogP contribution in [0.25, 0.3) is 11.0 Å². The molecular weight excluding hydrogens is 563 g/mol. The number of hydrazone groups is 1. The molecule has 5 N–H and O–H groups in total. The molecule has 0 unspecified atom stereocenters. The first kappa shape index (κ1) is 29.1. The number of carbonyl (C=O) groups excluding carboxylic acids is 3. The van der Waals surface area contributed by atoms with Crippen molar-refractivity contribution in [2.75, 3.05) is 5.32 Å². The lowest BCUT2D eigenvalue weighted by Gasteiger charge is -2.11. The summed E-state index contributed by atoms with van der Waals surface area (Å²) in [6.07, 6.45) is -5.53. The fraction of sp³-hybridized carbons (Fsp3) is 0.0769. The topological polar surface area (TPSA) is 203 Å². The van der Waals surface area contributed by atoms with Gasteiger partial charge in [0.15, 0.2) is 5.78 Å². The van der Waals surface area contributed by atoms with Crippen LogP contribution in [0.1, 0.15) is 27.2 Å². The number of aromatic nitrogens is 2. The lowest BCUT2D eigenvalue weighted by atomic mass is 10.0. The minimum atomic E-state index is -4.89. The van der Waals surface area contributed by atoms with Gasteiger partial charge in [0.25, 0.3) is 17.2 Å². The number of H-pyrrole nitrogens is 1. The Bertz CT molecular complexity index is 1820. The number of urea groups is 1. The van der Waals surface area contributed by atoms with Gasteiger partial charge in [-0.05, 0) is 30.3 Å². The number of hydrogen-bond donors (Lipinski definition) is 4. The van der Waals surface area contributed by atoms with Gasteiger partial charge in [-0.1, -0.05) is 30.3 Å². The van der Waals surface area contributed by atoms with Crippen molar-refractivity contribution in [3.8, 4) is 0 Å². The zero-order valence-electron chi connectivity index (χ0n) is 21.1. The summed E-state index contributed by atoms with van der Waals surface area (Å²) in [5, 5.41) is 17.0. The van der Waals surface area contributed by atoms with Gasteiger partial charge in [0.05, 0.1) is 21.5 Å². The minimum absolute atomic E-state index is 0.198. The highest BCUT2D eigenvalue weighted by molar-refractivity contribution is 6.43. The number of nitrogens with zero attached hydrogens (tertiary/aromatic N) is 3. The Labute approximate surface area is 232 Å². The lowest BCUT2D eigenvalue weighted by molar-refractivity contribution is -0.384. The zero-order chi connectivity index (χ0) is 30.6. The molecule has 1 aromatic heterocycles. The third-order valence-electron chi connectivity index (χ3n) is 5.73. The number of primary amides is 1. The van der Waals surface area contributed by atoms with E-state index in [1.807, 2.05) is 0 Å². The molecule has 0 saturated carbocycles. The SMILES string of the molecule is NC(=O)N/N=C(\Cc1nc2ccc(C(=O)c3ccccc3)cc2[nH]c1=O)C(=O)Nc1ccc(C(F)(F)F)cc1[N+](=O)[O-]. The Morgan fingerprint density at radius 2 is 1.74 bits per heavy atom. The van der Waals surface area contributed by atoms with E-state index >= 15 is 0 Å². The summed E-state index contributed by atoms with van der Waals surface area (Å²) in [5.74, 6) is -1.51. The number of aromatic amines is 1. The van der Waals surface area contributed by atoms with Crippen LogP contribution in [-0.4, -0.2) is 38.3 Å². The van der Waals surface area contributed by atoms with Crippen molar-refractivity contribution >= 4 is 45.8 Å². The van der Waals surface area contributed by atoms with Gasteiger partial charge in [-0.15, -0.1) is 0 Å². The van der Waals surface area contributed by atoms with Crippen molar-refractivity contribution in [3.05, 3.63) is 110 Å². The van der Waals surface area contributed by atoms with Crippen LogP contribution in [0.2, 0.25) is 0 Å². The minimum Gasteiger partial charge on any atom is -0.350 e. The summed E-state index contributed by atoms with van der Waals surface area (Å²) in [5.41, 5.74) is 3.20. The Balaban J connectivity index is 1.65. The van der Waals surface area contributed by atoms with E-state index in [1.165, 1.54) is 18.2 Å². The van der Waals surface area contributed by atoms with Crippen molar-refractivity contribution in [2.45, 2.75) is 12.6 Å². The molecule has 214 valence electrons. The van der Waals surface area contributed by atoms with Gasteiger partial charge >= 0.3 is 12.2 Å². The van der Waals surface area contributed by atoms with Crippen molar-refractivity contribution < 1.29 is 32.5 Å². The zero-order valence-corrected chi connectivity index (χ0v) is 21.1. The third kappa shape index (κ3) is 6.61. The van der Waals surface area contributed by atoms with Gasteiger partial charge in [-0.2, -0.15) is 18.3 Å². The number of nitro groups is 1. The molecule has 0 aliphatic rings. The Hall–Kier alpha value is -5.93.